The minimum Gasteiger partial charge on any atom is -0.497 e. The molecular weight excluding hydrogens is 352 g/mol. The third-order valence-electron chi connectivity index (χ3n) is 3.89. The summed E-state index contributed by atoms with van der Waals surface area (Å²) < 4.78 is 10.6. The summed E-state index contributed by atoms with van der Waals surface area (Å²) in [6, 6.07) is 8.87. The van der Waals surface area contributed by atoms with E-state index >= 15 is 0 Å². The van der Waals surface area contributed by atoms with Gasteiger partial charge in [-0.15, -0.1) is 11.3 Å². The van der Waals surface area contributed by atoms with E-state index in [0.29, 0.717) is 35.8 Å². The van der Waals surface area contributed by atoms with E-state index in [2.05, 4.69) is 10.6 Å². The summed E-state index contributed by atoms with van der Waals surface area (Å²) >= 11 is 1.39. The molecule has 1 unspecified atom stereocenters. The van der Waals surface area contributed by atoms with Crippen LogP contribution in [0.3, 0.4) is 0 Å². The molecule has 0 radical (unpaired) electrons. The Hall–Kier alpha value is -2.54. The standard InChI is InChI=1S/C19H24N2O4S/c1-13(15-12-14(24-2)8-9-16(15)25-3)21-18(22)7-4-10-20-19(23)17-6-5-11-26-17/h5-6,8-9,11-13H,4,7,10H2,1-3H3,(H,20,23)(H,21,22). The molecule has 140 valence electrons. The van der Waals surface area contributed by atoms with Gasteiger partial charge in [0.05, 0.1) is 25.1 Å². The molecular formula is C19H24N2O4S. The highest BCUT2D eigenvalue weighted by atomic mass is 32.1. The van der Waals surface area contributed by atoms with E-state index in [4.69, 9.17) is 9.47 Å². The second-order valence-corrected chi connectivity index (χ2v) is 6.68. The molecule has 1 atom stereocenters. The molecule has 26 heavy (non-hydrogen) atoms. The molecule has 7 heteroatoms. The number of amides is 2. The van der Waals surface area contributed by atoms with Crippen LogP contribution in [0.5, 0.6) is 11.5 Å². The van der Waals surface area contributed by atoms with E-state index in [9.17, 15) is 9.59 Å². The average molecular weight is 376 g/mol. The summed E-state index contributed by atoms with van der Waals surface area (Å²) in [6.45, 7) is 2.36. The number of thiophene rings is 1. The number of methoxy groups -OCH3 is 2. The number of carbonyl (C=O) groups excluding carboxylic acids is 2. The number of hydrogen-bond acceptors (Lipinski definition) is 5. The molecule has 0 saturated carbocycles. The van der Waals surface area contributed by atoms with Crippen LogP contribution in [0.1, 0.15) is 41.0 Å². The van der Waals surface area contributed by atoms with Crippen LogP contribution in [-0.4, -0.2) is 32.6 Å². The number of benzene rings is 1. The molecule has 2 aromatic rings. The summed E-state index contributed by atoms with van der Waals surface area (Å²) in [4.78, 5) is 24.7. The monoisotopic (exact) mass is 376 g/mol. The smallest absolute Gasteiger partial charge is 0.261 e. The molecule has 1 aromatic heterocycles. The highest BCUT2D eigenvalue weighted by Crippen LogP contribution is 2.29. The van der Waals surface area contributed by atoms with Gasteiger partial charge in [0.15, 0.2) is 0 Å². The molecule has 0 bridgehead atoms. The van der Waals surface area contributed by atoms with Gasteiger partial charge < -0.3 is 20.1 Å². The highest BCUT2D eigenvalue weighted by Gasteiger charge is 2.15. The SMILES string of the molecule is COc1ccc(OC)c(C(C)NC(=O)CCCNC(=O)c2cccs2)c1. The van der Waals surface area contributed by atoms with E-state index < -0.39 is 0 Å². The molecule has 0 aliphatic carbocycles. The number of nitrogens with one attached hydrogen (secondary N) is 2. The van der Waals surface area contributed by atoms with Crippen molar-refractivity contribution in [2.45, 2.75) is 25.8 Å². The van der Waals surface area contributed by atoms with Crippen LogP contribution < -0.4 is 20.1 Å². The molecule has 2 amide bonds. The lowest BCUT2D eigenvalue weighted by atomic mass is 10.1. The van der Waals surface area contributed by atoms with E-state index in [1.165, 1.54) is 11.3 Å². The fraction of sp³-hybridized carbons (Fsp3) is 0.368. The zero-order valence-electron chi connectivity index (χ0n) is 15.2. The summed E-state index contributed by atoms with van der Waals surface area (Å²) in [6.07, 6.45) is 0.909. The first kappa shape index (κ1) is 19.8. The first-order valence-electron chi connectivity index (χ1n) is 8.38. The predicted octanol–water partition coefficient (Wildman–Crippen LogP) is 3.15. The summed E-state index contributed by atoms with van der Waals surface area (Å²) in [5.41, 5.74) is 0.853. The Morgan fingerprint density at radius 3 is 2.65 bits per heavy atom. The maximum absolute atomic E-state index is 12.2. The quantitative estimate of drug-likeness (QED) is 0.659. The molecule has 6 nitrogen and oxygen atoms in total. The number of rotatable bonds is 9. The molecule has 1 heterocycles. The normalized spacial score (nSPS) is 11.5. The van der Waals surface area contributed by atoms with Crippen molar-refractivity contribution in [3.05, 3.63) is 46.2 Å². The van der Waals surface area contributed by atoms with Gasteiger partial charge in [0.2, 0.25) is 5.91 Å². The van der Waals surface area contributed by atoms with Crippen LogP contribution in [-0.2, 0) is 4.79 Å². The fourth-order valence-corrected chi connectivity index (χ4v) is 3.16. The van der Waals surface area contributed by atoms with Crippen molar-refractivity contribution in [2.75, 3.05) is 20.8 Å². The van der Waals surface area contributed by atoms with E-state index in [0.717, 1.165) is 5.56 Å². The van der Waals surface area contributed by atoms with Gasteiger partial charge in [-0.05, 0) is 43.0 Å². The Balaban J connectivity index is 1.79. The minimum absolute atomic E-state index is 0.0762. The molecule has 1 aromatic carbocycles. The largest absolute Gasteiger partial charge is 0.497 e. The molecule has 0 spiro atoms. The summed E-state index contributed by atoms with van der Waals surface area (Å²) in [7, 11) is 3.19. The number of ether oxygens (including phenoxy) is 2. The molecule has 0 aliphatic rings. The van der Waals surface area contributed by atoms with Gasteiger partial charge in [-0.25, -0.2) is 0 Å². The summed E-state index contributed by atoms with van der Waals surface area (Å²) in [5, 5.41) is 7.62. The highest BCUT2D eigenvalue weighted by molar-refractivity contribution is 7.12. The van der Waals surface area contributed by atoms with E-state index in [1.54, 1.807) is 20.3 Å². The average Bonchev–Trinajstić information content (AvgIpc) is 3.19. The van der Waals surface area contributed by atoms with Gasteiger partial charge in [-0.3, -0.25) is 9.59 Å². The van der Waals surface area contributed by atoms with Crippen molar-refractivity contribution in [3.8, 4) is 11.5 Å². The van der Waals surface area contributed by atoms with Gasteiger partial charge >= 0.3 is 0 Å². The van der Waals surface area contributed by atoms with Crippen molar-refractivity contribution in [1.82, 2.24) is 10.6 Å². The lowest BCUT2D eigenvalue weighted by Gasteiger charge is -2.18. The Morgan fingerprint density at radius 2 is 2.00 bits per heavy atom. The van der Waals surface area contributed by atoms with Crippen molar-refractivity contribution in [1.29, 1.82) is 0 Å². The second kappa shape index (κ2) is 9.82. The Bertz CT molecular complexity index is 731. The predicted molar refractivity (Wildman–Crippen MR) is 102 cm³/mol. The Kier molecular flexibility index (Phi) is 7.47. The minimum atomic E-state index is -0.215. The van der Waals surface area contributed by atoms with E-state index in [-0.39, 0.29) is 17.9 Å². The van der Waals surface area contributed by atoms with Crippen molar-refractivity contribution < 1.29 is 19.1 Å². The van der Waals surface area contributed by atoms with Crippen LogP contribution in [0, 0.1) is 0 Å². The van der Waals surface area contributed by atoms with Gasteiger partial charge in [0.25, 0.3) is 5.91 Å². The lowest BCUT2D eigenvalue weighted by molar-refractivity contribution is -0.121. The van der Waals surface area contributed by atoms with Crippen molar-refractivity contribution in [2.24, 2.45) is 0 Å². The molecule has 0 saturated heterocycles. The maximum Gasteiger partial charge on any atom is 0.261 e. The molecule has 0 aliphatic heterocycles. The van der Waals surface area contributed by atoms with Gasteiger partial charge in [0.1, 0.15) is 11.5 Å². The first-order chi connectivity index (χ1) is 12.5. The molecule has 2 rings (SSSR count). The van der Waals surface area contributed by atoms with Crippen molar-refractivity contribution in [3.63, 3.8) is 0 Å². The zero-order chi connectivity index (χ0) is 18.9. The fourth-order valence-electron chi connectivity index (χ4n) is 2.51. The Morgan fingerprint density at radius 1 is 1.19 bits per heavy atom. The molecule has 2 N–H and O–H groups in total. The van der Waals surface area contributed by atoms with Crippen LogP contribution in [0.4, 0.5) is 0 Å². The van der Waals surface area contributed by atoms with E-state index in [1.807, 2.05) is 36.6 Å². The Labute approximate surface area is 157 Å². The number of hydrogen-bond donors (Lipinski definition) is 2. The zero-order valence-corrected chi connectivity index (χ0v) is 16.0. The second-order valence-electron chi connectivity index (χ2n) is 5.73. The van der Waals surface area contributed by atoms with Crippen LogP contribution in [0.25, 0.3) is 0 Å². The van der Waals surface area contributed by atoms with Crippen molar-refractivity contribution >= 4 is 23.2 Å². The number of carbonyl (C=O) groups is 2. The lowest BCUT2D eigenvalue weighted by Crippen LogP contribution is -2.29. The van der Waals surface area contributed by atoms with Gasteiger partial charge in [0, 0.05) is 18.5 Å². The maximum atomic E-state index is 12.2. The third-order valence-corrected chi connectivity index (χ3v) is 4.76. The van der Waals surface area contributed by atoms with Crippen LogP contribution >= 0.6 is 11.3 Å². The topological polar surface area (TPSA) is 76.7 Å². The first-order valence-corrected chi connectivity index (χ1v) is 9.26. The van der Waals surface area contributed by atoms with Crippen LogP contribution in [0.2, 0.25) is 0 Å². The van der Waals surface area contributed by atoms with Crippen LogP contribution in [0.15, 0.2) is 35.7 Å². The molecule has 0 fully saturated rings. The third kappa shape index (κ3) is 5.49. The van der Waals surface area contributed by atoms with Gasteiger partial charge in [-0.1, -0.05) is 6.07 Å². The van der Waals surface area contributed by atoms with Gasteiger partial charge in [-0.2, -0.15) is 0 Å². The summed E-state index contributed by atoms with van der Waals surface area (Å²) in [5.74, 6) is 1.22.